The van der Waals surface area contributed by atoms with E-state index in [1.54, 1.807) is 7.05 Å². The van der Waals surface area contributed by atoms with Crippen molar-refractivity contribution in [2.45, 2.75) is 20.4 Å². The van der Waals surface area contributed by atoms with Crippen molar-refractivity contribution in [3.63, 3.8) is 0 Å². The van der Waals surface area contributed by atoms with E-state index in [0.29, 0.717) is 16.2 Å². The van der Waals surface area contributed by atoms with Gasteiger partial charge in [0.05, 0.1) is 16.8 Å². The molecule has 0 bridgehead atoms. The maximum atomic E-state index is 12.8. The van der Waals surface area contributed by atoms with Crippen LogP contribution in [0, 0.1) is 13.8 Å². The zero-order valence-corrected chi connectivity index (χ0v) is 19.8. The van der Waals surface area contributed by atoms with E-state index in [9.17, 15) is 9.59 Å². The van der Waals surface area contributed by atoms with Gasteiger partial charge in [0, 0.05) is 12.6 Å². The first kappa shape index (κ1) is 21.7. The minimum atomic E-state index is -0.355. The highest BCUT2D eigenvalue weighted by Gasteiger charge is 2.17. The zero-order valence-electron chi connectivity index (χ0n) is 18.9. The quantitative estimate of drug-likeness (QED) is 0.416. The molecule has 8 nitrogen and oxygen atoms in total. The molecule has 5 rings (SSSR count). The second-order valence-electron chi connectivity index (χ2n) is 8.16. The van der Waals surface area contributed by atoms with Gasteiger partial charge in [-0.05, 0) is 19.4 Å². The Morgan fingerprint density at radius 3 is 2.32 bits per heavy atom. The minimum Gasteiger partial charge on any atom is -0.300 e. The molecule has 0 saturated carbocycles. The number of nitrogens with one attached hydrogen (secondary N) is 1. The summed E-state index contributed by atoms with van der Waals surface area (Å²) in [5.74, 6) is -0.355. The van der Waals surface area contributed by atoms with Crippen LogP contribution in [0.2, 0.25) is 0 Å². The standard InChI is InChI=1S/C25H22N6O2S/c1-15-4-8-17(9-5-15)21-22(18-10-6-16(2)7-11-18)34-25(29-21)28-20(32)13-31-14-26-23-19(24(31)33)12-27-30(23)3/h4-12,14H,13H2,1-3H3,(H,28,29,32). The minimum absolute atomic E-state index is 0.171. The van der Waals surface area contributed by atoms with Crippen molar-refractivity contribution in [2.75, 3.05) is 5.32 Å². The van der Waals surface area contributed by atoms with E-state index in [-0.39, 0.29) is 18.0 Å². The average molecular weight is 471 g/mol. The SMILES string of the molecule is Cc1ccc(-c2nc(NC(=O)Cn3cnc4c(cnn4C)c3=O)sc2-c2ccc(C)cc2)cc1. The van der Waals surface area contributed by atoms with Crippen LogP contribution < -0.4 is 10.9 Å². The van der Waals surface area contributed by atoms with Crippen LogP contribution in [0.5, 0.6) is 0 Å². The Labute approximate surface area is 199 Å². The van der Waals surface area contributed by atoms with Gasteiger partial charge < -0.3 is 5.32 Å². The second-order valence-corrected chi connectivity index (χ2v) is 9.16. The van der Waals surface area contributed by atoms with Gasteiger partial charge in [0.1, 0.15) is 18.3 Å². The van der Waals surface area contributed by atoms with Crippen LogP contribution in [0.4, 0.5) is 5.13 Å². The molecule has 1 amide bonds. The number of anilines is 1. The van der Waals surface area contributed by atoms with Crippen LogP contribution in [-0.4, -0.2) is 30.2 Å². The molecule has 0 fully saturated rings. The number of hydrogen-bond acceptors (Lipinski definition) is 6. The third kappa shape index (κ3) is 4.13. The molecule has 3 heterocycles. The topological polar surface area (TPSA) is 94.7 Å². The molecule has 0 unspecified atom stereocenters. The number of rotatable bonds is 5. The number of carbonyl (C=O) groups is 1. The largest absolute Gasteiger partial charge is 0.300 e. The normalized spacial score (nSPS) is 11.1. The number of aromatic nitrogens is 5. The van der Waals surface area contributed by atoms with Crippen molar-refractivity contribution in [3.8, 4) is 21.7 Å². The van der Waals surface area contributed by atoms with Crippen LogP contribution in [0.3, 0.4) is 0 Å². The Bertz CT molecular complexity index is 1500. The average Bonchev–Trinajstić information content (AvgIpc) is 3.41. The van der Waals surface area contributed by atoms with Gasteiger partial charge in [0.2, 0.25) is 5.91 Å². The van der Waals surface area contributed by atoms with Crippen molar-refractivity contribution >= 4 is 33.4 Å². The third-order valence-electron chi connectivity index (χ3n) is 5.54. The van der Waals surface area contributed by atoms with Gasteiger partial charge in [-0.2, -0.15) is 5.10 Å². The van der Waals surface area contributed by atoms with Gasteiger partial charge in [0.15, 0.2) is 10.8 Å². The molecule has 0 aliphatic rings. The van der Waals surface area contributed by atoms with Gasteiger partial charge in [-0.1, -0.05) is 71.0 Å². The van der Waals surface area contributed by atoms with Gasteiger partial charge >= 0.3 is 0 Å². The molecular weight excluding hydrogens is 448 g/mol. The Kier molecular flexibility index (Phi) is 5.54. The summed E-state index contributed by atoms with van der Waals surface area (Å²) < 4.78 is 2.80. The summed E-state index contributed by atoms with van der Waals surface area (Å²) in [6, 6.07) is 16.4. The molecule has 0 radical (unpaired) electrons. The van der Waals surface area contributed by atoms with Crippen LogP contribution >= 0.6 is 11.3 Å². The lowest BCUT2D eigenvalue weighted by Crippen LogP contribution is -2.27. The third-order valence-corrected chi connectivity index (χ3v) is 6.56. The lowest BCUT2D eigenvalue weighted by Gasteiger charge is -2.05. The Morgan fingerprint density at radius 1 is 1.00 bits per heavy atom. The molecule has 0 atom stereocenters. The first-order valence-corrected chi connectivity index (χ1v) is 11.5. The molecule has 9 heteroatoms. The number of hydrogen-bond donors (Lipinski definition) is 1. The van der Waals surface area contributed by atoms with Crippen molar-refractivity contribution in [1.29, 1.82) is 0 Å². The number of thiazole rings is 1. The molecule has 0 spiro atoms. The van der Waals surface area contributed by atoms with Crippen LogP contribution in [0.25, 0.3) is 32.7 Å². The summed E-state index contributed by atoms with van der Waals surface area (Å²) in [7, 11) is 1.71. The number of aryl methyl sites for hydroxylation is 3. The van der Waals surface area contributed by atoms with Crippen LogP contribution in [0.1, 0.15) is 11.1 Å². The Morgan fingerprint density at radius 2 is 1.65 bits per heavy atom. The van der Waals surface area contributed by atoms with Gasteiger partial charge in [-0.3, -0.25) is 18.8 Å². The highest BCUT2D eigenvalue weighted by Crippen LogP contribution is 2.39. The summed E-state index contributed by atoms with van der Waals surface area (Å²) in [6.07, 6.45) is 2.82. The van der Waals surface area contributed by atoms with E-state index in [1.807, 2.05) is 38.1 Å². The van der Waals surface area contributed by atoms with Gasteiger partial charge in [-0.25, -0.2) is 9.97 Å². The maximum absolute atomic E-state index is 12.8. The highest BCUT2D eigenvalue weighted by molar-refractivity contribution is 7.19. The lowest BCUT2D eigenvalue weighted by molar-refractivity contribution is -0.116. The molecule has 0 aliphatic heterocycles. The highest BCUT2D eigenvalue weighted by atomic mass is 32.1. The summed E-state index contributed by atoms with van der Waals surface area (Å²) in [6.45, 7) is 3.91. The van der Waals surface area contributed by atoms with E-state index in [2.05, 4.69) is 39.7 Å². The molecular formula is C25H22N6O2S. The summed E-state index contributed by atoms with van der Waals surface area (Å²) >= 11 is 1.41. The molecule has 2 aromatic carbocycles. The predicted octanol–water partition coefficient (Wildman–Crippen LogP) is 4.18. The van der Waals surface area contributed by atoms with Crippen molar-refractivity contribution in [3.05, 3.63) is 82.5 Å². The molecule has 0 saturated heterocycles. The second kappa shape index (κ2) is 8.68. The molecule has 34 heavy (non-hydrogen) atoms. The fourth-order valence-corrected chi connectivity index (χ4v) is 4.68. The fourth-order valence-electron chi connectivity index (χ4n) is 3.67. The van der Waals surface area contributed by atoms with E-state index in [1.165, 1.54) is 38.7 Å². The zero-order chi connectivity index (χ0) is 23.8. The molecule has 170 valence electrons. The van der Waals surface area contributed by atoms with E-state index >= 15 is 0 Å². The van der Waals surface area contributed by atoms with E-state index in [4.69, 9.17) is 4.98 Å². The Hall–Kier alpha value is -4.11. The Balaban J connectivity index is 1.45. The number of carbonyl (C=O) groups excluding carboxylic acids is 1. The smallest absolute Gasteiger partial charge is 0.264 e. The van der Waals surface area contributed by atoms with Gasteiger partial charge in [0.25, 0.3) is 5.56 Å². The molecule has 5 aromatic rings. The molecule has 1 N–H and O–H groups in total. The van der Waals surface area contributed by atoms with Crippen molar-refractivity contribution in [1.82, 2.24) is 24.3 Å². The van der Waals surface area contributed by atoms with Crippen molar-refractivity contribution < 1.29 is 4.79 Å². The first-order valence-electron chi connectivity index (χ1n) is 10.7. The number of benzene rings is 2. The lowest BCUT2D eigenvalue weighted by atomic mass is 10.0. The van der Waals surface area contributed by atoms with Crippen LogP contribution in [-0.2, 0) is 18.4 Å². The van der Waals surface area contributed by atoms with Crippen LogP contribution in [0.15, 0.2) is 65.8 Å². The van der Waals surface area contributed by atoms with E-state index in [0.717, 1.165) is 27.3 Å². The number of amides is 1. The predicted molar refractivity (Wildman–Crippen MR) is 134 cm³/mol. The summed E-state index contributed by atoms with van der Waals surface area (Å²) in [5.41, 5.74) is 5.30. The fraction of sp³-hybridized carbons (Fsp3) is 0.160. The monoisotopic (exact) mass is 470 g/mol. The van der Waals surface area contributed by atoms with Crippen molar-refractivity contribution in [2.24, 2.45) is 7.05 Å². The van der Waals surface area contributed by atoms with E-state index < -0.39 is 0 Å². The summed E-state index contributed by atoms with van der Waals surface area (Å²) in [5, 5.41) is 7.75. The first-order chi connectivity index (χ1) is 16.4. The number of nitrogens with zero attached hydrogens (tertiary/aromatic N) is 5. The summed E-state index contributed by atoms with van der Waals surface area (Å²) in [4.78, 5) is 35.4. The van der Waals surface area contributed by atoms with Gasteiger partial charge in [-0.15, -0.1) is 0 Å². The molecule has 0 aliphatic carbocycles. The number of fused-ring (bicyclic) bond motifs is 1. The maximum Gasteiger partial charge on any atom is 0.264 e. The molecule has 3 aromatic heterocycles.